The molecule has 4 nitrogen and oxygen atoms in total. The minimum Gasteiger partial charge on any atom is -0.507 e. The lowest BCUT2D eigenvalue weighted by molar-refractivity contribution is 0.473. The maximum Gasteiger partial charge on any atom is 0.184 e. The van der Waals surface area contributed by atoms with Crippen molar-refractivity contribution in [3.8, 4) is 5.75 Å². The molecule has 0 fully saturated rings. The lowest BCUT2D eigenvalue weighted by atomic mass is 10.00. The van der Waals surface area contributed by atoms with Crippen molar-refractivity contribution in [1.29, 1.82) is 0 Å². The van der Waals surface area contributed by atoms with Crippen LogP contribution < -0.4 is 11.2 Å². The van der Waals surface area contributed by atoms with Crippen LogP contribution in [0.3, 0.4) is 0 Å². The molecule has 0 aromatic heterocycles. The molecule has 1 aromatic rings. The van der Waals surface area contributed by atoms with Gasteiger partial charge in [-0.1, -0.05) is 69.9 Å². The number of phenolic OH excluding ortho intramolecular Hbond substituents is 1. The molecule has 4 N–H and O–H groups in total. The average Bonchev–Trinajstić information content (AvgIpc) is 2.58. The second-order valence-electron chi connectivity index (χ2n) is 6.63. The molecular weight excluding hydrogens is 330 g/mol. The van der Waals surface area contributed by atoms with E-state index in [2.05, 4.69) is 17.5 Å². The van der Waals surface area contributed by atoms with E-state index in [1.165, 1.54) is 51.4 Å². The highest BCUT2D eigenvalue weighted by atomic mass is 32.1. The highest BCUT2D eigenvalue weighted by Crippen LogP contribution is 2.22. The van der Waals surface area contributed by atoms with E-state index >= 15 is 0 Å². The van der Waals surface area contributed by atoms with Gasteiger partial charge in [0.25, 0.3) is 0 Å². The molecule has 1 rings (SSSR count). The summed E-state index contributed by atoms with van der Waals surface area (Å²) in [6.07, 6.45) is 12.3. The summed E-state index contributed by atoms with van der Waals surface area (Å²) in [5.74, 6) is 0.241. The zero-order valence-corrected chi connectivity index (χ0v) is 16.5. The molecule has 0 aliphatic carbocycles. The summed E-state index contributed by atoms with van der Waals surface area (Å²) < 4.78 is 0. The van der Waals surface area contributed by atoms with Crippen LogP contribution in [0.15, 0.2) is 23.3 Å². The zero-order valence-electron chi connectivity index (χ0n) is 15.7. The summed E-state index contributed by atoms with van der Waals surface area (Å²) in [6.45, 7) is 4.25. The first-order valence-electron chi connectivity index (χ1n) is 9.46. The summed E-state index contributed by atoms with van der Waals surface area (Å²) in [5, 5.41) is 14.6. The minimum atomic E-state index is 0.136. The number of hydrogen-bond donors (Lipinski definition) is 3. The number of aryl methyl sites for hydroxylation is 1. The highest BCUT2D eigenvalue weighted by Gasteiger charge is 2.10. The van der Waals surface area contributed by atoms with Gasteiger partial charge in [0, 0.05) is 5.56 Å². The molecule has 0 saturated heterocycles. The van der Waals surface area contributed by atoms with Crippen molar-refractivity contribution in [3.05, 3.63) is 29.3 Å². The normalized spacial score (nSPS) is 11.5. The van der Waals surface area contributed by atoms with E-state index in [0.717, 1.165) is 29.7 Å². The number of hydrazone groups is 1. The third kappa shape index (κ3) is 9.44. The lowest BCUT2D eigenvalue weighted by Crippen LogP contribution is -2.25. The van der Waals surface area contributed by atoms with Crippen LogP contribution in [0.2, 0.25) is 0 Å². The highest BCUT2D eigenvalue weighted by molar-refractivity contribution is 7.80. The fraction of sp³-hybridized carbons (Fsp3) is 0.600. The van der Waals surface area contributed by atoms with Crippen LogP contribution in [-0.2, 0) is 0 Å². The molecule has 0 saturated carbocycles. The van der Waals surface area contributed by atoms with Crippen LogP contribution in [0.25, 0.3) is 0 Å². The van der Waals surface area contributed by atoms with Crippen molar-refractivity contribution in [2.24, 2.45) is 10.8 Å². The van der Waals surface area contributed by atoms with E-state index in [9.17, 15) is 5.11 Å². The SMILES string of the molecule is CCCCCCCCCCC/C(=N\NC(N)=S)c1cc(C)ccc1O. The Morgan fingerprint density at radius 3 is 2.28 bits per heavy atom. The number of unbranched alkanes of at least 4 members (excludes halogenated alkanes) is 8. The Morgan fingerprint density at radius 1 is 1.08 bits per heavy atom. The lowest BCUT2D eigenvalue weighted by Gasteiger charge is -2.10. The Hall–Kier alpha value is -1.62. The standard InChI is InChI=1S/C20H33N3OS/c1-3-4-5-6-7-8-9-10-11-12-18(22-23-20(21)25)17-15-16(2)13-14-19(17)24/h13-15,24H,3-12H2,1-2H3,(H3,21,23,25)/b22-18+. The molecule has 5 heteroatoms. The van der Waals surface area contributed by atoms with E-state index in [4.69, 9.17) is 18.0 Å². The van der Waals surface area contributed by atoms with E-state index in [-0.39, 0.29) is 10.9 Å². The third-order valence-electron chi connectivity index (χ3n) is 4.28. The molecule has 0 aliphatic heterocycles. The number of thiocarbonyl (C=S) groups is 1. The number of hydrogen-bond acceptors (Lipinski definition) is 3. The molecule has 0 atom stereocenters. The second kappa shape index (κ2) is 12.7. The number of benzene rings is 1. The summed E-state index contributed by atoms with van der Waals surface area (Å²) in [4.78, 5) is 0. The van der Waals surface area contributed by atoms with Crippen molar-refractivity contribution < 1.29 is 5.11 Å². The molecule has 25 heavy (non-hydrogen) atoms. The Balaban J connectivity index is 2.46. The minimum absolute atomic E-state index is 0.136. The van der Waals surface area contributed by atoms with Crippen molar-refractivity contribution in [2.75, 3.05) is 0 Å². The number of aromatic hydroxyl groups is 1. The summed E-state index contributed by atoms with van der Waals surface area (Å²) in [7, 11) is 0. The molecule has 0 heterocycles. The number of phenols is 1. The topological polar surface area (TPSA) is 70.6 Å². The quantitative estimate of drug-likeness (QED) is 0.208. The largest absolute Gasteiger partial charge is 0.507 e. The van der Waals surface area contributed by atoms with Gasteiger partial charge in [0.1, 0.15) is 5.75 Å². The summed E-state index contributed by atoms with van der Waals surface area (Å²) in [6, 6.07) is 5.54. The van der Waals surface area contributed by atoms with Gasteiger partial charge in [0.05, 0.1) is 5.71 Å². The molecule has 0 unspecified atom stereocenters. The van der Waals surface area contributed by atoms with Gasteiger partial charge in [0.2, 0.25) is 0 Å². The van der Waals surface area contributed by atoms with Gasteiger partial charge in [-0.05, 0) is 44.1 Å². The molecule has 0 bridgehead atoms. The van der Waals surface area contributed by atoms with Gasteiger partial charge in [-0.3, -0.25) is 5.43 Å². The first kappa shape index (κ1) is 21.4. The molecule has 0 spiro atoms. The Bertz CT molecular complexity index is 558. The molecule has 0 radical (unpaired) electrons. The average molecular weight is 364 g/mol. The van der Waals surface area contributed by atoms with Crippen LogP contribution in [0, 0.1) is 6.92 Å². The van der Waals surface area contributed by atoms with E-state index in [0.29, 0.717) is 0 Å². The van der Waals surface area contributed by atoms with Gasteiger partial charge in [0.15, 0.2) is 5.11 Å². The van der Waals surface area contributed by atoms with Crippen LogP contribution in [0.5, 0.6) is 5.75 Å². The van der Waals surface area contributed by atoms with Crippen LogP contribution in [-0.4, -0.2) is 15.9 Å². The van der Waals surface area contributed by atoms with Gasteiger partial charge >= 0.3 is 0 Å². The van der Waals surface area contributed by atoms with Gasteiger partial charge < -0.3 is 10.8 Å². The maximum atomic E-state index is 10.1. The van der Waals surface area contributed by atoms with Crippen molar-refractivity contribution in [1.82, 2.24) is 5.43 Å². The predicted molar refractivity (Wildman–Crippen MR) is 111 cm³/mol. The molecule has 1 aromatic carbocycles. The number of nitrogens with one attached hydrogen (secondary N) is 1. The Morgan fingerprint density at radius 2 is 1.68 bits per heavy atom. The smallest absolute Gasteiger partial charge is 0.184 e. The van der Waals surface area contributed by atoms with Crippen LogP contribution >= 0.6 is 12.2 Å². The maximum absolute atomic E-state index is 10.1. The molecule has 0 aliphatic rings. The Labute approximate surface area is 157 Å². The van der Waals surface area contributed by atoms with E-state index in [1.807, 2.05) is 19.1 Å². The summed E-state index contributed by atoms with van der Waals surface area (Å²) >= 11 is 4.83. The molecular formula is C20H33N3OS. The Kier molecular flexibility index (Phi) is 10.9. The first-order valence-corrected chi connectivity index (χ1v) is 9.87. The monoisotopic (exact) mass is 363 g/mol. The number of nitrogens with two attached hydrogens (primary N) is 1. The van der Waals surface area contributed by atoms with Crippen LogP contribution in [0.4, 0.5) is 0 Å². The molecule has 0 amide bonds. The summed E-state index contributed by atoms with van der Waals surface area (Å²) in [5.41, 5.74) is 10.8. The van der Waals surface area contributed by atoms with Gasteiger partial charge in [-0.15, -0.1) is 0 Å². The van der Waals surface area contributed by atoms with E-state index < -0.39 is 0 Å². The zero-order chi connectivity index (χ0) is 18.5. The van der Waals surface area contributed by atoms with Crippen molar-refractivity contribution in [3.63, 3.8) is 0 Å². The van der Waals surface area contributed by atoms with E-state index in [1.54, 1.807) is 6.07 Å². The third-order valence-corrected chi connectivity index (χ3v) is 4.37. The predicted octanol–water partition coefficient (Wildman–Crippen LogP) is 5.16. The second-order valence-corrected chi connectivity index (χ2v) is 7.07. The fourth-order valence-corrected chi connectivity index (χ4v) is 2.90. The van der Waals surface area contributed by atoms with Gasteiger partial charge in [-0.2, -0.15) is 5.10 Å². The number of rotatable bonds is 12. The van der Waals surface area contributed by atoms with Gasteiger partial charge in [-0.25, -0.2) is 0 Å². The fourth-order valence-electron chi connectivity index (χ4n) is 2.86. The number of nitrogens with zero attached hydrogens (tertiary/aromatic N) is 1. The first-order chi connectivity index (χ1) is 12.0. The van der Waals surface area contributed by atoms with Crippen molar-refractivity contribution in [2.45, 2.75) is 78.1 Å². The van der Waals surface area contributed by atoms with Crippen molar-refractivity contribution >= 4 is 23.0 Å². The van der Waals surface area contributed by atoms with Crippen LogP contribution in [0.1, 0.15) is 82.3 Å². The molecule has 140 valence electrons.